The lowest BCUT2D eigenvalue weighted by molar-refractivity contribution is -0.114. The minimum absolute atomic E-state index is 0.184. The maximum atomic E-state index is 12.0. The molecule has 0 spiro atoms. The van der Waals surface area contributed by atoms with Crippen LogP contribution >= 0.6 is 0 Å². The molecule has 0 unspecified atom stereocenters. The summed E-state index contributed by atoms with van der Waals surface area (Å²) >= 11 is 0. The molecule has 1 aromatic rings. The smallest absolute Gasteiger partial charge is 0.257 e. The Hall–Kier alpha value is -2.23. The Bertz CT molecular complexity index is 502. The topological polar surface area (TPSA) is 58.5 Å². The maximum Gasteiger partial charge on any atom is 0.257 e. The molecule has 1 amide bonds. The summed E-state index contributed by atoms with van der Waals surface area (Å²) in [6, 6.07) is 9.07. The summed E-state index contributed by atoms with van der Waals surface area (Å²) in [4.78, 5) is 27.1. The van der Waals surface area contributed by atoms with E-state index in [9.17, 15) is 9.59 Å². The predicted molar refractivity (Wildman–Crippen MR) is 72.9 cm³/mol. The third kappa shape index (κ3) is 3.97. The van der Waals surface area contributed by atoms with Crippen LogP contribution in [0.15, 0.2) is 47.0 Å². The van der Waals surface area contributed by atoms with Crippen LogP contribution in [-0.2, 0) is 9.59 Å². The zero-order valence-electron chi connectivity index (χ0n) is 10.7. The first kappa shape index (κ1) is 13.8. The zero-order chi connectivity index (χ0) is 13.5. The van der Waals surface area contributed by atoms with E-state index < -0.39 is 0 Å². The Morgan fingerprint density at radius 3 is 2.28 bits per heavy atom. The maximum absolute atomic E-state index is 12.0. The molecular weight excluding hydrogens is 228 g/mol. The summed E-state index contributed by atoms with van der Waals surface area (Å²) in [6.45, 7) is 3.10. The van der Waals surface area contributed by atoms with E-state index in [1.807, 2.05) is 18.2 Å². The van der Waals surface area contributed by atoms with Crippen LogP contribution in [0, 0.1) is 0 Å². The third-order valence-corrected chi connectivity index (χ3v) is 2.35. The van der Waals surface area contributed by atoms with Crippen molar-refractivity contribution in [1.29, 1.82) is 0 Å². The number of amides is 1. The van der Waals surface area contributed by atoms with Gasteiger partial charge in [0.2, 0.25) is 0 Å². The number of ketones is 1. The van der Waals surface area contributed by atoms with Crippen LogP contribution in [0.3, 0.4) is 0 Å². The minimum Gasteiger partial charge on any atom is -0.322 e. The third-order valence-electron chi connectivity index (χ3n) is 2.35. The van der Waals surface area contributed by atoms with Crippen LogP contribution in [0.5, 0.6) is 0 Å². The number of para-hydroxylation sites is 1. The largest absolute Gasteiger partial charge is 0.322 e. The van der Waals surface area contributed by atoms with Gasteiger partial charge in [-0.1, -0.05) is 18.2 Å². The molecule has 18 heavy (non-hydrogen) atoms. The van der Waals surface area contributed by atoms with Gasteiger partial charge < -0.3 is 5.32 Å². The number of carbonyl (C=O) groups is 2. The highest BCUT2D eigenvalue weighted by Crippen LogP contribution is 2.09. The number of allylic oxidation sites excluding steroid dienone is 1. The van der Waals surface area contributed by atoms with Crippen molar-refractivity contribution in [2.75, 3.05) is 12.4 Å². The lowest BCUT2D eigenvalue weighted by Gasteiger charge is -2.08. The molecule has 0 bridgehead atoms. The van der Waals surface area contributed by atoms with Gasteiger partial charge in [-0.05, 0) is 32.1 Å². The first-order valence-corrected chi connectivity index (χ1v) is 5.57. The summed E-state index contributed by atoms with van der Waals surface area (Å²) in [5.74, 6) is -0.518. The summed E-state index contributed by atoms with van der Waals surface area (Å²) in [5.41, 5.74) is 1.49. The highest BCUT2D eigenvalue weighted by Gasteiger charge is 2.13. The van der Waals surface area contributed by atoms with Gasteiger partial charge in [-0.15, -0.1) is 0 Å². The molecule has 0 aliphatic carbocycles. The van der Waals surface area contributed by atoms with E-state index in [-0.39, 0.29) is 17.3 Å². The summed E-state index contributed by atoms with van der Waals surface area (Å²) in [7, 11) is 1.58. The predicted octanol–water partition coefficient (Wildman–Crippen LogP) is 2.23. The van der Waals surface area contributed by atoms with Crippen molar-refractivity contribution < 1.29 is 9.59 Å². The number of anilines is 1. The normalized spacial score (nSPS) is 12.2. The van der Waals surface area contributed by atoms with E-state index >= 15 is 0 Å². The van der Waals surface area contributed by atoms with Crippen LogP contribution in [-0.4, -0.2) is 24.4 Å². The average molecular weight is 244 g/mol. The molecule has 0 aliphatic rings. The monoisotopic (exact) mass is 244 g/mol. The molecule has 4 nitrogen and oxygen atoms in total. The summed E-state index contributed by atoms with van der Waals surface area (Å²) in [5, 5.41) is 2.72. The molecule has 0 aliphatic heterocycles. The number of benzene rings is 1. The Balaban J connectivity index is 2.95. The van der Waals surface area contributed by atoms with Crippen molar-refractivity contribution >= 4 is 23.1 Å². The van der Waals surface area contributed by atoms with Gasteiger partial charge in [-0.2, -0.15) is 0 Å². The molecule has 0 radical (unpaired) electrons. The lowest BCUT2D eigenvalue weighted by Crippen LogP contribution is -2.20. The number of hydrogen-bond acceptors (Lipinski definition) is 3. The van der Waals surface area contributed by atoms with Crippen molar-refractivity contribution in [1.82, 2.24) is 0 Å². The number of rotatable bonds is 4. The van der Waals surface area contributed by atoms with Gasteiger partial charge >= 0.3 is 0 Å². The van der Waals surface area contributed by atoms with E-state index in [1.54, 1.807) is 26.1 Å². The number of aliphatic imine (C=N–C) groups is 1. The van der Waals surface area contributed by atoms with Gasteiger partial charge in [0.05, 0.1) is 5.57 Å². The average Bonchev–Trinajstić information content (AvgIpc) is 2.36. The number of carbonyl (C=O) groups excluding carboxylic acids is 2. The van der Waals surface area contributed by atoms with Crippen LogP contribution in [0.4, 0.5) is 5.69 Å². The molecule has 0 saturated carbocycles. The highest BCUT2D eigenvalue weighted by atomic mass is 16.2. The fourth-order valence-corrected chi connectivity index (χ4v) is 1.38. The molecule has 0 saturated heterocycles. The first-order valence-electron chi connectivity index (χ1n) is 5.57. The summed E-state index contributed by atoms with van der Waals surface area (Å²) in [6.07, 6.45) is 1.29. The van der Waals surface area contributed by atoms with Crippen LogP contribution in [0.25, 0.3) is 0 Å². The van der Waals surface area contributed by atoms with E-state index in [2.05, 4.69) is 10.3 Å². The molecule has 0 fully saturated rings. The van der Waals surface area contributed by atoms with Crippen LogP contribution in [0.2, 0.25) is 0 Å². The van der Waals surface area contributed by atoms with Gasteiger partial charge in [0.25, 0.3) is 5.91 Å². The van der Waals surface area contributed by atoms with Crippen molar-refractivity contribution in [2.24, 2.45) is 4.99 Å². The second-order valence-electron chi connectivity index (χ2n) is 3.80. The van der Waals surface area contributed by atoms with Crippen molar-refractivity contribution in [3.05, 3.63) is 42.0 Å². The van der Waals surface area contributed by atoms with Gasteiger partial charge in [0.15, 0.2) is 5.78 Å². The molecule has 1 rings (SSSR count). The first-order chi connectivity index (χ1) is 8.54. The number of hydrogen-bond donors (Lipinski definition) is 1. The molecule has 1 N–H and O–H groups in total. The SMILES string of the molecule is CN=C(C)C(=CC(C)=O)C(=O)Nc1ccccc1. The second kappa shape index (κ2) is 6.49. The Morgan fingerprint density at radius 1 is 1.17 bits per heavy atom. The molecule has 4 heteroatoms. The van der Waals surface area contributed by atoms with Crippen molar-refractivity contribution in [2.45, 2.75) is 13.8 Å². The lowest BCUT2D eigenvalue weighted by atomic mass is 10.1. The van der Waals surface area contributed by atoms with Gasteiger partial charge in [0.1, 0.15) is 0 Å². The zero-order valence-corrected chi connectivity index (χ0v) is 10.7. The van der Waals surface area contributed by atoms with Crippen molar-refractivity contribution in [3.63, 3.8) is 0 Å². The van der Waals surface area contributed by atoms with E-state index in [0.29, 0.717) is 11.4 Å². The van der Waals surface area contributed by atoms with Crippen molar-refractivity contribution in [3.8, 4) is 0 Å². The molecule has 0 aromatic heterocycles. The standard InChI is InChI=1S/C14H16N2O2/c1-10(17)9-13(11(2)15-3)14(18)16-12-7-5-4-6-8-12/h4-9H,1-3H3,(H,16,18). The number of nitrogens with one attached hydrogen (secondary N) is 1. The molecule has 0 atom stereocenters. The summed E-state index contributed by atoms with van der Waals surface area (Å²) < 4.78 is 0. The highest BCUT2D eigenvalue weighted by molar-refractivity contribution is 6.26. The van der Waals surface area contributed by atoms with Gasteiger partial charge in [-0.3, -0.25) is 14.6 Å². The quantitative estimate of drug-likeness (QED) is 0.652. The molecule has 94 valence electrons. The van der Waals surface area contributed by atoms with E-state index in [1.165, 1.54) is 13.0 Å². The fourth-order valence-electron chi connectivity index (χ4n) is 1.38. The van der Waals surface area contributed by atoms with Crippen LogP contribution < -0.4 is 5.32 Å². The van der Waals surface area contributed by atoms with E-state index in [0.717, 1.165) is 0 Å². The Labute approximate surface area is 106 Å². The Kier molecular flexibility index (Phi) is 4.99. The van der Waals surface area contributed by atoms with Gasteiger partial charge in [0, 0.05) is 18.4 Å². The fraction of sp³-hybridized carbons (Fsp3) is 0.214. The molecule has 1 aromatic carbocycles. The van der Waals surface area contributed by atoms with Gasteiger partial charge in [-0.25, -0.2) is 0 Å². The second-order valence-corrected chi connectivity index (χ2v) is 3.80. The molecular formula is C14H16N2O2. The number of nitrogens with zero attached hydrogens (tertiary/aromatic N) is 1. The van der Waals surface area contributed by atoms with Crippen LogP contribution in [0.1, 0.15) is 13.8 Å². The minimum atomic E-state index is -0.334. The van der Waals surface area contributed by atoms with E-state index in [4.69, 9.17) is 0 Å². The molecule has 0 heterocycles. The Morgan fingerprint density at radius 2 is 1.78 bits per heavy atom.